The third-order valence-electron chi connectivity index (χ3n) is 3.89. The number of aromatic nitrogens is 2. The number of benzene rings is 1. The maximum Gasteiger partial charge on any atom is 0.203 e. The molecule has 106 valence electrons. The summed E-state index contributed by atoms with van der Waals surface area (Å²) in [5.41, 5.74) is 1.22. The second kappa shape index (κ2) is 5.99. The molecule has 1 aromatic carbocycles. The first kappa shape index (κ1) is 13.0. The Hall–Kier alpha value is -1.97. The van der Waals surface area contributed by atoms with Gasteiger partial charge >= 0.3 is 0 Å². The van der Waals surface area contributed by atoms with E-state index in [2.05, 4.69) is 27.0 Å². The number of anilines is 1. The Balaban J connectivity index is 1.72. The molecule has 0 radical (unpaired) electrons. The molecule has 1 fully saturated rings. The Kier molecular flexibility index (Phi) is 3.90. The van der Waals surface area contributed by atoms with Crippen molar-refractivity contribution in [3.05, 3.63) is 42.2 Å². The highest BCUT2D eigenvalue weighted by Crippen LogP contribution is 2.22. The molecule has 0 spiro atoms. The SMILES string of the molecule is COc1cccc(Cn2ccnc2NC2CCCC2)c1. The first-order valence-corrected chi connectivity index (χ1v) is 7.26. The summed E-state index contributed by atoms with van der Waals surface area (Å²) in [4.78, 5) is 4.44. The van der Waals surface area contributed by atoms with Crippen molar-refractivity contribution in [2.24, 2.45) is 0 Å². The molecule has 4 nitrogen and oxygen atoms in total. The molecule has 0 bridgehead atoms. The van der Waals surface area contributed by atoms with E-state index < -0.39 is 0 Å². The second-order valence-corrected chi connectivity index (χ2v) is 5.36. The van der Waals surface area contributed by atoms with Gasteiger partial charge in [0, 0.05) is 18.4 Å². The number of nitrogens with zero attached hydrogens (tertiary/aromatic N) is 2. The maximum atomic E-state index is 5.27. The average Bonchev–Trinajstić information content (AvgIpc) is 3.12. The summed E-state index contributed by atoms with van der Waals surface area (Å²) >= 11 is 0. The summed E-state index contributed by atoms with van der Waals surface area (Å²) in [5.74, 6) is 1.87. The van der Waals surface area contributed by atoms with Crippen LogP contribution in [-0.2, 0) is 6.54 Å². The molecule has 2 aromatic rings. The Labute approximate surface area is 119 Å². The minimum absolute atomic E-state index is 0.585. The van der Waals surface area contributed by atoms with E-state index in [9.17, 15) is 0 Å². The third kappa shape index (κ3) is 2.95. The molecule has 1 aliphatic carbocycles. The molecule has 1 aliphatic rings. The lowest BCUT2D eigenvalue weighted by molar-refractivity contribution is 0.414. The van der Waals surface area contributed by atoms with Crippen molar-refractivity contribution in [2.45, 2.75) is 38.3 Å². The van der Waals surface area contributed by atoms with E-state index in [4.69, 9.17) is 4.74 Å². The highest BCUT2D eigenvalue weighted by molar-refractivity contribution is 5.32. The van der Waals surface area contributed by atoms with Gasteiger partial charge < -0.3 is 14.6 Å². The van der Waals surface area contributed by atoms with Gasteiger partial charge in [-0.25, -0.2) is 4.98 Å². The molecule has 0 aliphatic heterocycles. The van der Waals surface area contributed by atoms with Crippen molar-refractivity contribution in [3.8, 4) is 5.75 Å². The summed E-state index contributed by atoms with van der Waals surface area (Å²) in [5, 5.41) is 3.56. The van der Waals surface area contributed by atoms with Crippen LogP contribution in [0.5, 0.6) is 5.75 Å². The van der Waals surface area contributed by atoms with Crippen molar-refractivity contribution in [3.63, 3.8) is 0 Å². The summed E-state index contributed by atoms with van der Waals surface area (Å²) in [6.45, 7) is 0.812. The number of rotatable bonds is 5. The van der Waals surface area contributed by atoms with Gasteiger partial charge in [-0.3, -0.25) is 0 Å². The van der Waals surface area contributed by atoms with Crippen molar-refractivity contribution >= 4 is 5.95 Å². The maximum absolute atomic E-state index is 5.27. The molecular formula is C16H21N3O. The molecule has 0 atom stereocenters. The van der Waals surface area contributed by atoms with Crippen LogP contribution in [0, 0.1) is 0 Å². The molecule has 0 unspecified atom stereocenters. The van der Waals surface area contributed by atoms with Crippen molar-refractivity contribution in [2.75, 3.05) is 12.4 Å². The number of imidazole rings is 1. The molecule has 0 amide bonds. The zero-order chi connectivity index (χ0) is 13.8. The van der Waals surface area contributed by atoms with Crippen LogP contribution < -0.4 is 10.1 Å². The van der Waals surface area contributed by atoms with Gasteiger partial charge in [-0.05, 0) is 30.5 Å². The van der Waals surface area contributed by atoms with E-state index in [0.29, 0.717) is 6.04 Å². The number of nitrogens with one attached hydrogen (secondary N) is 1. The molecule has 0 saturated heterocycles. The largest absolute Gasteiger partial charge is 0.497 e. The van der Waals surface area contributed by atoms with Crippen LogP contribution in [0.1, 0.15) is 31.2 Å². The van der Waals surface area contributed by atoms with Crippen LogP contribution in [0.2, 0.25) is 0 Å². The second-order valence-electron chi connectivity index (χ2n) is 5.36. The molecule has 1 aromatic heterocycles. The predicted molar refractivity (Wildman–Crippen MR) is 80.2 cm³/mol. The lowest BCUT2D eigenvalue weighted by atomic mass is 10.2. The van der Waals surface area contributed by atoms with E-state index in [0.717, 1.165) is 18.2 Å². The van der Waals surface area contributed by atoms with E-state index in [-0.39, 0.29) is 0 Å². The number of methoxy groups -OCH3 is 1. The molecule has 1 N–H and O–H groups in total. The third-order valence-corrected chi connectivity index (χ3v) is 3.89. The number of hydrogen-bond donors (Lipinski definition) is 1. The van der Waals surface area contributed by atoms with Crippen LogP contribution in [0.4, 0.5) is 5.95 Å². The molecule has 3 rings (SSSR count). The average molecular weight is 271 g/mol. The Morgan fingerprint density at radius 3 is 3.00 bits per heavy atom. The van der Waals surface area contributed by atoms with E-state index >= 15 is 0 Å². The first-order valence-electron chi connectivity index (χ1n) is 7.26. The minimum Gasteiger partial charge on any atom is -0.497 e. The Morgan fingerprint density at radius 2 is 2.20 bits per heavy atom. The van der Waals surface area contributed by atoms with E-state index in [1.165, 1.54) is 31.2 Å². The summed E-state index contributed by atoms with van der Waals surface area (Å²) in [7, 11) is 1.70. The number of ether oxygens (including phenoxy) is 1. The summed E-state index contributed by atoms with van der Waals surface area (Å²) < 4.78 is 7.43. The van der Waals surface area contributed by atoms with Crippen LogP contribution in [0.15, 0.2) is 36.7 Å². The number of hydrogen-bond acceptors (Lipinski definition) is 3. The van der Waals surface area contributed by atoms with Gasteiger partial charge in [-0.2, -0.15) is 0 Å². The van der Waals surface area contributed by atoms with Crippen LogP contribution in [-0.4, -0.2) is 22.7 Å². The lowest BCUT2D eigenvalue weighted by Gasteiger charge is -2.15. The predicted octanol–water partition coefficient (Wildman–Crippen LogP) is 3.29. The molecule has 1 saturated carbocycles. The van der Waals surface area contributed by atoms with Gasteiger partial charge in [-0.15, -0.1) is 0 Å². The monoisotopic (exact) mass is 271 g/mol. The minimum atomic E-state index is 0.585. The summed E-state index contributed by atoms with van der Waals surface area (Å²) in [6, 6.07) is 8.76. The van der Waals surface area contributed by atoms with Crippen molar-refractivity contribution < 1.29 is 4.74 Å². The quantitative estimate of drug-likeness (QED) is 0.907. The standard InChI is InChI=1S/C16H21N3O/c1-20-15-8-4-5-13(11-15)12-19-10-9-17-16(19)18-14-6-2-3-7-14/h4-5,8-11,14H,2-3,6-7,12H2,1H3,(H,17,18). The summed E-state index contributed by atoms with van der Waals surface area (Å²) in [6.07, 6.45) is 9.05. The first-order chi connectivity index (χ1) is 9.85. The zero-order valence-corrected chi connectivity index (χ0v) is 11.9. The normalized spacial score (nSPS) is 15.4. The molecule has 4 heteroatoms. The Morgan fingerprint density at radius 1 is 1.35 bits per heavy atom. The van der Waals surface area contributed by atoms with Crippen LogP contribution in [0.25, 0.3) is 0 Å². The van der Waals surface area contributed by atoms with E-state index in [1.807, 2.05) is 24.5 Å². The smallest absolute Gasteiger partial charge is 0.203 e. The van der Waals surface area contributed by atoms with Gasteiger partial charge in [0.15, 0.2) is 0 Å². The van der Waals surface area contributed by atoms with Crippen LogP contribution >= 0.6 is 0 Å². The van der Waals surface area contributed by atoms with Crippen LogP contribution in [0.3, 0.4) is 0 Å². The highest BCUT2D eigenvalue weighted by Gasteiger charge is 2.16. The fourth-order valence-electron chi connectivity index (χ4n) is 2.80. The van der Waals surface area contributed by atoms with Gasteiger partial charge in [0.05, 0.1) is 13.7 Å². The van der Waals surface area contributed by atoms with E-state index in [1.54, 1.807) is 7.11 Å². The zero-order valence-electron chi connectivity index (χ0n) is 11.9. The highest BCUT2D eigenvalue weighted by atomic mass is 16.5. The Bertz CT molecular complexity index is 558. The topological polar surface area (TPSA) is 39.1 Å². The van der Waals surface area contributed by atoms with Crippen molar-refractivity contribution in [1.82, 2.24) is 9.55 Å². The van der Waals surface area contributed by atoms with Gasteiger partial charge in [0.25, 0.3) is 0 Å². The van der Waals surface area contributed by atoms with Gasteiger partial charge in [-0.1, -0.05) is 25.0 Å². The molecular weight excluding hydrogens is 250 g/mol. The lowest BCUT2D eigenvalue weighted by Crippen LogP contribution is -2.18. The fourth-order valence-corrected chi connectivity index (χ4v) is 2.80. The van der Waals surface area contributed by atoms with Gasteiger partial charge in [0.2, 0.25) is 5.95 Å². The van der Waals surface area contributed by atoms with Crippen molar-refractivity contribution in [1.29, 1.82) is 0 Å². The fraction of sp³-hybridized carbons (Fsp3) is 0.438. The molecule has 20 heavy (non-hydrogen) atoms. The molecule has 1 heterocycles. The van der Waals surface area contributed by atoms with Gasteiger partial charge in [0.1, 0.15) is 5.75 Å².